The molecule has 27 heavy (non-hydrogen) atoms. The Morgan fingerprint density at radius 2 is 1.41 bits per heavy atom. The molecule has 0 saturated carbocycles. The van der Waals surface area contributed by atoms with Gasteiger partial charge in [0.1, 0.15) is 0 Å². The van der Waals surface area contributed by atoms with Crippen LogP contribution in [0.15, 0.2) is 66.3 Å². The Balaban J connectivity index is 1.43. The molecule has 0 bridgehead atoms. The van der Waals surface area contributed by atoms with E-state index >= 15 is 0 Å². The molecule has 4 heterocycles. The molecule has 4 rings (SSSR count). The van der Waals surface area contributed by atoms with Crippen molar-refractivity contribution in [3.05, 3.63) is 92.1 Å². The van der Waals surface area contributed by atoms with Crippen LogP contribution in [0, 0.1) is 6.92 Å². The molecule has 2 nitrogen and oxygen atoms in total. The molecule has 132 valence electrons. The monoisotopic (exact) mass is 386 g/mol. The number of hydrogen-bond acceptors (Lipinski definition) is 4. The van der Waals surface area contributed by atoms with Crippen molar-refractivity contribution in [3.63, 3.8) is 0 Å². The van der Waals surface area contributed by atoms with Crippen LogP contribution in [0.2, 0.25) is 0 Å². The fraction of sp³-hybridized carbons (Fsp3) is 0.0435. The van der Waals surface area contributed by atoms with Crippen LogP contribution < -0.4 is 0 Å². The summed E-state index contributed by atoms with van der Waals surface area (Å²) in [6.45, 7) is 2.03. The molecule has 0 aromatic carbocycles. The van der Waals surface area contributed by atoms with E-state index in [0.29, 0.717) is 0 Å². The molecule has 0 N–H and O–H groups in total. The Hall–Kier alpha value is -2.82. The summed E-state index contributed by atoms with van der Waals surface area (Å²) in [6, 6.07) is 16.6. The fourth-order valence-corrected chi connectivity index (χ4v) is 3.99. The highest BCUT2D eigenvalue weighted by molar-refractivity contribution is 7.14. The zero-order valence-electron chi connectivity index (χ0n) is 14.9. The van der Waals surface area contributed by atoms with Crippen LogP contribution >= 0.6 is 22.7 Å². The maximum atomic E-state index is 4.53. The first kappa shape index (κ1) is 17.6. The molecule has 4 aromatic heterocycles. The predicted octanol–water partition coefficient (Wildman–Crippen LogP) is 6.92. The molecular formula is C23H18N2S2. The molecule has 0 radical (unpaired) electrons. The molecule has 0 fully saturated rings. The second kappa shape index (κ2) is 8.25. The molecule has 4 heteroatoms. The fourth-order valence-electron chi connectivity index (χ4n) is 2.55. The highest BCUT2D eigenvalue weighted by Gasteiger charge is 2.00. The van der Waals surface area contributed by atoms with Gasteiger partial charge in [-0.1, -0.05) is 24.3 Å². The van der Waals surface area contributed by atoms with E-state index in [1.807, 2.05) is 31.5 Å². The predicted molar refractivity (Wildman–Crippen MR) is 119 cm³/mol. The van der Waals surface area contributed by atoms with Gasteiger partial charge in [0.15, 0.2) is 0 Å². The molecule has 0 amide bonds. The zero-order valence-corrected chi connectivity index (χ0v) is 16.5. The molecule has 0 spiro atoms. The lowest BCUT2D eigenvalue weighted by Gasteiger charge is -2.01. The second-order valence-corrected chi connectivity index (χ2v) is 8.25. The largest absolute Gasteiger partial charge is 0.254 e. The van der Waals surface area contributed by atoms with Gasteiger partial charge in [-0.25, -0.2) is 0 Å². The normalized spacial score (nSPS) is 11.6. The first-order valence-electron chi connectivity index (χ1n) is 8.65. The second-order valence-electron chi connectivity index (χ2n) is 6.12. The van der Waals surface area contributed by atoms with Crippen molar-refractivity contribution < 1.29 is 0 Å². The first-order valence-corrected chi connectivity index (χ1v) is 10.3. The van der Waals surface area contributed by atoms with Gasteiger partial charge in [0, 0.05) is 27.0 Å². The van der Waals surface area contributed by atoms with Gasteiger partial charge in [-0.15, -0.1) is 22.7 Å². The van der Waals surface area contributed by atoms with Gasteiger partial charge in [0.05, 0.1) is 11.4 Å². The van der Waals surface area contributed by atoms with Gasteiger partial charge in [0.25, 0.3) is 0 Å². The summed E-state index contributed by atoms with van der Waals surface area (Å²) in [7, 11) is 0. The van der Waals surface area contributed by atoms with Gasteiger partial charge in [-0.2, -0.15) is 0 Å². The van der Waals surface area contributed by atoms with Crippen molar-refractivity contribution in [1.29, 1.82) is 0 Å². The van der Waals surface area contributed by atoms with E-state index in [-0.39, 0.29) is 0 Å². The zero-order chi connectivity index (χ0) is 18.5. The summed E-state index contributed by atoms with van der Waals surface area (Å²) in [6.07, 6.45) is 12.3. The van der Waals surface area contributed by atoms with E-state index in [2.05, 4.69) is 76.1 Å². The van der Waals surface area contributed by atoms with Crippen molar-refractivity contribution in [2.75, 3.05) is 0 Å². The van der Waals surface area contributed by atoms with Crippen LogP contribution in [-0.4, -0.2) is 9.97 Å². The molecular weight excluding hydrogens is 368 g/mol. The van der Waals surface area contributed by atoms with Crippen molar-refractivity contribution >= 4 is 47.0 Å². The lowest BCUT2D eigenvalue weighted by Crippen LogP contribution is -1.87. The Kier molecular flexibility index (Phi) is 5.37. The number of pyridine rings is 2. The van der Waals surface area contributed by atoms with Crippen molar-refractivity contribution in [3.8, 4) is 11.4 Å². The Labute approximate surface area is 167 Å². The lowest BCUT2D eigenvalue weighted by molar-refractivity contribution is 1.22. The van der Waals surface area contributed by atoms with Gasteiger partial charge >= 0.3 is 0 Å². The molecule has 0 aliphatic heterocycles. The maximum Gasteiger partial charge on any atom is 0.0886 e. The van der Waals surface area contributed by atoms with E-state index in [1.165, 1.54) is 14.6 Å². The molecule has 0 unspecified atom stereocenters. The number of aryl methyl sites for hydroxylation is 1. The molecule has 0 aliphatic carbocycles. The van der Waals surface area contributed by atoms with Crippen LogP contribution in [0.3, 0.4) is 0 Å². The highest BCUT2D eigenvalue weighted by Crippen LogP contribution is 2.22. The van der Waals surface area contributed by atoms with Gasteiger partial charge < -0.3 is 0 Å². The molecule has 4 aromatic rings. The average Bonchev–Trinajstić information content (AvgIpc) is 3.38. The summed E-state index contributed by atoms with van der Waals surface area (Å²) >= 11 is 3.52. The van der Waals surface area contributed by atoms with Crippen molar-refractivity contribution in [2.45, 2.75) is 6.92 Å². The maximum absolute atomic E-state index is 4.53. The van der Waals surface area contributed by atoms with Gasteiger partial charge in [-0.05, 0) is 72.0 Å². The van der Waals surface area contributed by atoms with Gasteiger partial charge in [0.2, 0.25) is 0 Å². The quantitative estimate of drug-likeness (QED) is 0.372. The number of rotatable bonds is 5. The summed E-state index contributed by atoms with van der Waals surface area (Å²) in [5.41, 5.74) is 4.02. The SMILES string of the molecule is Cc1ccc(-c2ccc(/C=C/c3ccc(/C=C/c4cccs4)s3)cn2)nc1. The first-order chi connectivity index (χ1) is 13.3. The minimum absolute atomic E-state index is 0.893. The summed E-state index contributed by atoms with van der Waals surface area (Å²) in [4.78, 5) is 12.7. The van der Waals surface area contributed by atoms with E-state index in [4.69, 9.17) is 0 Å². The van der Waals surface area contributed by atoms with E-state index in [0.717, 1.165) is 22.5 Å². The van der Waals surface area contributed by atoms with Crippen LogP contribution in [0.5, 0.6) is 0 Å². The highest BCUT2D eigenvalue weighted by atomic mass is 32.1. The number of aromatic nitrogens is 2. The molecule has 0 saturated heterocycles. The van der Waals surface area contributed by atoms with E-state index in [1.54, 1.807) is 22.7 Å². The van der Waals surface area contributed by atoms with Crippen LogP contribution in [-0.2, 0) is 0 Å². The molecule has 0 atom stereocenters. The summed E-state index contributed by atoms with van der Waals surface area (Å²) in [5.74, 6) is 0. The minimum Gasteiger partial charge on any atom is -0.254 e. The number of nitrogens with zero attached hydrogens (tertiary/aromatic N) is 2. The summed E-state index contributed by atoms with van der Waals surface area (Å²) in [5, 5.41) is 2.09. The molecule has 0 aliphatic rings. The minimum atomic E-state index is 0.893. The van der Waals surface area contributed by atoms with Crippen LogP contribution in [0.1, 0.15) is 25.8 Å². The van der Waals surface area contributed by atoms with E-state index < -0.39 is 0 Å². The van der Waals surface area contributed by atoms with Crippen LogP contribution in [0.25, 0.3) is 35.7 Å². The van der Waals surface area contributed by atoms with Crippen molar-refractivity contribution in [2.24, 2.45) is 0 Å². The Bertz CT molecular complexity index is 1050. The lowest BCUT2D eigenvalue weighted by atomic mass is 10.2. The van der Waals surface area contributed by atoms with Crippen molar-refractivity contribution in [1.82, 2.24) is 9.97 Å². The number of thiophene rings is 2. The summed E-state index contributed by atoms with van der Waals surface area (Å²) < 4.78 is 0. The smallest absolute Gasteiger partial charge is 0.0886 e. The third kappa shape index (κ3) is 4.67. The third-order valence-electron chi connectivity index (χ3n) is 4.00. The number of hydrogen-bond donors (Lipinski definition) is 0. The topological polar surface area (TPSA) is 25.8 Å². The van der Waals surface area contributed by atoms with Gasteiger partial charge in [-0.3, -0.25) is 9.97 Å². The average molecular weight is 387 g/mol. The Morgan fingerprint density at radius 3 is 2.04 bits per heavy atom. The van der Waals surface area contributed by atoms with Crippen LogP contribution in [0.4, 0.5) is 0 Å². The third-order valence-corrected chi connectivity index (χ3v) is 5.86. The Morgan fingerprint density at radius 1 is 0.704 bits per heavy atom. The van der Waals surface area contributed by atoms with E-state index in [9.17, 15) is 0 Å². The standard InChI is InChI=1S/C23H18N2S2/c1-17-4-12-22(24-15-17)23-13-6-18(16-25-23)5-7-20-10-11-21(27-20)9-8-19-3-2-14-26-19/h2-16H,1H3/b7-5+,9-8+.